The minimum Gasteiger partial charge on any atom is -0.314 e. The number of nitrogens with zero attached hydrogens (tertiary/aromatic N) is 1. The van der Waals surface area contributed by atoms with E-state index in [1.54, 1.807) is 6.08 Å². The maximum absolute atomic E-state index is 13.4. The van der Waals surface area contributed by atoms with Crippen molar-refractivity contribution in [3.05, 3.63) is 47.0 Å². The average Bonchev–Trinajstić information content (AvgIpc) is 2.49. The van der Waals surface area contributed by atoms with E-state index in [9.17, 15) is 13.2 Å². The lowest BCUT2D eigenvalue weighted by Gasteiger charge is -2.36. The van der Waals surface area contributed by atoms with Gasteiger partial charge >= 0.3 is 6.18 Å². The predicted octanol–water partition coefficient (Wildman–Crippen LogP) is 4.27. The van der Waals surface area contributed by atoms with Gasteiger partial charge < -0.3 is 5.32 Å². The standard InChI is InChI=1S/C16H20ClF3N2/c1-2-3-4-15(22-9-7-21-8-10-22)13-6-5-12(17)11-14(13)16(18,19)20/h2,5-6,11,15,21H,1,3-4,7-10H2/t15-/m0/s1. The van der Waals surface area contributed by atoms with Crippen LogP contribution in [-0.2, 0) is 6.18 Å². The first-order valence-corrected chi connectivity index (χ1v) is 7.73. The zero-order chi connectivity index (χ0) is 16.2. The van der Waals surface area contributed by atoms with Gasteiger partial charge in [0, 0.05) is 37.2 Å². The van der Waals surface area contributed by atoms with Gasteiger partial charge in [-0.15, -0.1) is 6.58 Å². The third-order valence-electron chi connectivity index (χ3n) is 3.92. The first-order valence-electron chi connectivity index (χ1n) is 7.36. The van der Waals surface area contributed by atoms with E-state index in [4.69, 9.17) is 11.6 Å². The lowest BCUT2D eigenvalue weighted by atomic mass is 9.94. The third kappa shape index (κ3) is 4.24. The van der Waals surface area contributed by atoms with Crippen LogP contribution >= 0.6 is 11.6 Å². The fraction of sp³-hybridized carbons (Fsp3) is 0.500. The number of nitrogens with one attached hydrogen (secondary N) is 1. The van der Waals surface area contributed by atoms with Crippen LogP contribution in [0.1, 0.15) is 30.0 Å². The molecule has 1 heterocycles. The van der Waals surface area contributed by atoms with Crippen molar-refractivity contribution in [2.75, 3.05) is 26.2 Å². The van der Waals surface area contributed by atoms with Crippen molar-refractivity contribution >= 4 is 11.6 Å². The van der Waals surface area contributed by atoms with E-state index in [1.807, 2.05) is 0 Å². The molecule has 1 atom stereocenters. The zero-order valence-corrected chi connectivity index (χ0v) is 13.1. The van der Waals surface area contributed by atoms with Gasteiger partial charge in [-0.25, -0.2) is 0 Å². The van der Waals surface area contributed by atoms with E-state index in [2.05, 4.69) is 16.8 Å². The largest absolute Gasteiger partial charge is 0.416 e. The van der Waals surface area contributed by atoms with Crippen LogP contribution in [0.5, 0.6) is 0 Å². The van der Waals surface area contributed by atoms with E-state index in [0.717, 1.165) is 32.2 Å². The van der Waals surface area contributed by atoms with Crippen LogP contribution in [0.3, 0.4) is 0 Å². The Morgan fingerprint density at radius 2 is 2.00 bits per heavy atom. The molecule has 1 aromatic carbocycles. The molecule has 0 aromatic heterocycles. The lowest BCUT2D eigenvalue weighted by molar-refractivity contribution is -0.138. The molecule has 22 heavy (non-hydrogen) atoms. The third-order valence-corrected chi connectivity index (χ3v) is 4.15. The molecule has 0 bridgehead atoms. The van der Waals surface area contributed by atoms with Crippen molar-refractivity contribution in [3.63, 3.8) is 0 Å². The molecule has 1 saturated heterocycles. The number of hydrogen-bond acceptors (Lipinski definition) is 2. The van der Waals surface area contributed by atoms with Crippen LogP contribution in [0, 0.1) is 0 Å². The van der Waals surface area contributed by atoms with Crippen LogP contribution in [0.4, 0.5) is 13.2 Å². The number of piperazine rings is 1. The molecule has 1 aromatic rings. The van der Waals surface area contributed by atoms with E-state index in [-0.39, 0.29) is 11.1 Å². The summed E-state index contributed by atoms with van der Waals surface area (Å²) < 4.78 is 40.1. The smallest absolute Gasteiger partial charge is 0.314 e. The highest BCUT2D eigenvalue weighted by Gasteiger charge is 2.36. The van der Waals surface area contributed by atoms with E-state index < -0.39 is 11.7 Å². The number of hydrogen-bond donors (Lipinski definition) is 1. The Balaban J connectivity index is 2.39. The monoisotopic (exact) mass is 332 g/mol. The summed E-state index contributed by atoms with van der Waals surface area (Å²) in [5.74, 6) is 0. The highest BCUT2D eigenvalue weighted by atomic mass is 35.5. The molecular weight excluding hydrogens is 313 g/mol. The summed E-state index contributed by atoms with van der Waals surface area (Å²) >= 11 is 5.78. The van der Waals surface area contributed by atoms with Crippen molar-refractivity contribution in [1.29, 1.82) is 0 Å². The topological polar surface area (TPSA) is 15.3 Å². The minimum atomic E-state index is -4.40. The van der Waals surface area contributed by atoms with Gasteiger partial charge in [0.1, 0.15) is 0 Å². The molecule has 0 radical (unpaired) electrons. The highest BCUT2D eigenvalue weighted by Crippen LogP contribution is 2.39. The van der Waals surface area contributed by atoms with Gasteiger partial charge in [0.2, 0.25) is 0 Å². The van der Waals surface area contributed by atoms with Gasteiger partial charge in [-0.1, -0.05) is 23.7 Å². The molecule has 2 rings (SSSR count). The molecule has 6 heteroatoms. The Bertz CT molecular complexity index is 511. The molecule has 122 valence electrons. The molecule has 0 amide bonds. The van der Waals surface area contributed by atoms with Crippen molar-refractivity contribution < 1.29 is 13.2 Å². The molecule has 0 aliphatic carbocycles. The van der Waals surface area contributed by atoms with Crippen LogP contribution < -0.4 is 5.32 Å². The molecule has 0 unspecified atom stereocenters. The van der Waals surface area contributed by atoms with Crippen LogP contribution in [0.2, 0.25) is 5.02 Å². The number of rotatable bonds is 5. The maximum atomic E-state index is 13.4. The van der Waals surface area contributed by atoms with Gasteiger partial charge in [-0.05, 0) is 30.5 Å². The highest BCUT2D eigenvalue weighted by molar-refractivity contribution is 6.30. The quantitative estimate of drug-likeness (QED) is 0.810. The molecular formula is C16H20ClF3N2. The number of benzene rings is 1. The Kier molecular flexibility index (Phi) is 5.89. The molecule has 1 aliphatic rings. The number of allylic oxidation sites excluding steroid dienone is 1. The number of alkyl halides is 3. The predicted molar refractivity (Wildman–Crippen MR) is 83.1 cm³/mol. The first-order chi connectivity index (χ1) is 10.4. The molecule has 1 N–H and O–H groups in total. The second-order valence-corrected chi connectivity index (χ2v) is 5.83. The minimum absolute atomic E-state index is 0.110. The fourth-order valence-electron chi connectivity index (χ4n) is 2.87. The van der Waals surface area contributed by atoms with Gasteiger partial charge in [-0.3, -0.25) is 4.90 Å². The Morgan fingerprint density at radius 1 is 1.32 bits per heavy atom. The van der Waals surface area contributed by atoms with Gasteiger partial charge in [-0.2, -0.15) is 13.2 Å². The van der Waals surface area contributed by atoms with Crippen molar-refractivity contribution in [1.82, 2.24) is 10.2 Å². The average molecular weight is 333 g/mol. The fourth-order valence-corrected chi connectivity index (χ4v) is 3.04. The van der Waals surface area contributed by atoms with Gasteiger partial charge in [0.25, 0.3) is 0 Å². The van der Waals surface area contributed by atoms with Gasteiger partial charge in [0.05, 0.1) is 5.56 Å². The van der Waals surface area contributed by atoms with Crippen LogP contribution in [-0.4, -0.2) is 31.1 Å². The summed E-state index contributed by atoms with van der Waals surface area (Å²) in [4.78, 5) is 2.11. The van der Waals surface area contributed by atoms with E-state index in [0.29, 0.717) is 18.4 Å². The summed E-state index contributed by atoms with van der Waals surface area (Å²) in [6.45, 7) is 6.74. The van der Waals surface area contributed by atoms with Crippen molar-refractivity contribution in [3.8, 4) is 0 Å². The summed E-state index contributed by atoms with van der Waals surface area (Å²) in [6, 6.07) is 3.81. The van der Waals surface area contributed by atoms with E-state index in [1.165, 1.54) is 12.1 Å². The normalized spacial score (nSPS) is 18.2. The number of halogens is 4. The van der Waals surface area contributed by atoms with E-state index >= 15 is 0 Å². The molecule has 2 nitrogen and oxygen atoms in total. The Labute approximate surface area is 133 Å². The SMILES string of the molecule is C=CCC[C@@H](c1ccc(Cl)cc1C(F)(F)F)N1CCNCC1. The lowest BCUT2D eigenvalue weighted by Crippen LogP contribution is -2.45. The first kappa shape index (κ1) is 17.3. The second kappa shape index (κ2) is 7.49. The maximum Gasteiger partial charge on any atom is 0.416 e. The van der Waals surface area contributed by atoms with Crippen LogP contribution in [0.25, 0.3) is 0 Å². The van der Waals surface area contributed by atoms with Crippen molar-refractivity contribution in [2.24, 2.45) is 0 Å². The molecule has 0 spiro atoms. The summed E-state index contributed by atoms with van der Waals surface area (Å²) in [6.07, 6.45) is -1.36. The second-order valence-electron chi connectivity index (χ2n) is 5.40. The molecule has 0 saturated carbocycles. The summed E-state index contributed by atoms with van der Waals surface area (Å²) in [7, 11) is 0. The molecule has 1 aliphatic heterocycles. The van der Waals surface area contributed by atoms with Crippen molar-refractivity contribution in [2.45, 2.75) is 25.1 Å². The van der Waals surface area contributed by atoms with Crippen LogP contribution in [0.15, 0.2) is 30.9 Å². The summed E-state index contributed by atoms with van der Waals surface area (Å²) in [5.41, 5.74) is -0.326. The molecule has 1 fully saturated rings. The Morgan fingerprint density at radius 3 is 2.59 bits per heavy atom. The Hall–Kier alpha value is -1.04. The zero-order valence-electron chi connectivity index (χ0n) is 12.3. The summed E-state index contributed by atoms with van der Waals surface area (Å²) in [5, 5.41) is 3.34. The van der Waals surface area contributed by atoms with Gasteiger partial charge in [0.15, 0.2) is 0 Å².